The summed E-state index contributed by atoms with van der Waals surface area (Å²) in [6, 6.07) is 0. The van der Waals surface area contributed by atoms with E-state index in [4.69, 9.17) is 0 Å². The Hall–Kier alpha value is -1.10. The summed E-state index contributed by atoms with van der Waals surface area (Å²) in [5, 5.41) is 9.42. The first-order chi connectivity index (χ1) is 8.93. The molecule has 2 saturated heterocycles. The summed E-state index contributed by atoms with van der Waals surface area (Å²) >= 11 is 0. The molecule has 2 heterocycles. The number of hydrogen-bond acceptors (Lipinski definition) is 3. The molecule has 0 bridgehead atoms. The monoisotopic (exact) mass is 268 g/mol. The molecule has 0 aromatic heterocycles. The van der Waals surface area contributed by atoms with Gasteiger partial charge in [-0.15, -0.1) is 0 Å². The molecule has 0 aromatic rings. The second kappa shape index (κ2) is 5.49. The van der Waals surface area contributed by atoms with Gasteiger partial charge >= 0.3 is 5.97 Å². The number of piperidine rings is 1. The van der Waals surface area contributed by atoms with E-state index in [0.717, 1.165) is 32.4 Å². The molecule has 108 valence electrons. The van der Waals surface area contributed by atoms with Gasteiger partial charge < -0.3 is 14.9 Å². The smallest absolute Gasteiger partial charge is 0.329 e. The third-order valence-electron chi connectivity index (χ3n) is 4.61. The summed E-state index contributed by atoms with van der Waals surface area (Å²) in [5.74, 6) is -0.466. The fourth-order valence-corrected chi connectivity index (χ4v) is 3.29. The average molecular weight is 268 g/mol. The molecule has 5 heteroatoms. The second-order valence-corrected chi connectivity index (χ2v) is 6.20. The quantitative estimate of drug-likeness (QED) is 0.835. The van der Waals surface area contributed by atoms with Gasteiger partial charge in [-0.3, -0.25) is 4.79 Å². The van der Waals surface area contributed by atoms with Crippen molar-refractivity contribution in [2.24, 2.45) is 5.92 Å². The Balaban J connectivity index is 2.01. The lowest BCUT2D eigenvalue weighted by atomic mass is 9.87. The Morgan fingerprint density at radius 2 is 2.05 bits per heavy atom. The van der Waals surface area contributed by atoms with Crippen LogP contribution in [0.15, 0.2) is 0 Å². The van der Waals surface area contributed by atoms with Crippen molar-refractivity contribution in [2.75, 3.05) is 26.7 Å². The topological polar surface area (TPSA) is 60.9 Å². The molecule has 1 amide bonds. The molecule has 19 heavy (non-hydrogen) atoms. The highest BCUT2D eigenvalue weighted by molar-refractivity contribution is 5.87. The van der Waals surface area contributed by atoms with Gasteiger partial charge in [0.1, 0.15) is 5.54 Å². The minimum absolute atomic E-state index is 0.0184. The highest BCUT2D eigenvalue weighted by atomic mass is 16.4. The highest BCUT2D eigenvalue weighted by Crippen LogP contribution is 2.30. The van der Waals surface area contributed by atoms with Crippen molar-refractivity contribution < 1.29 is 14.7 Å². The predicted octanol–water partition coefficient (Wildman–Crippen LogP) is 1.18. The van der Waals surface area contributed by atoms with Gasteiger partial charge in [-0.05, 0) is 52.1 Å². The molecule has 0 aliphatic carbocycles. The van der Waals surface area contributed by atoms with E-state index in [1.165, 1.54) is 0 Å². The largest absolute Gasteiger partial charge is 0.480 e. The van der Waals surface area contributed by atoms with E-state index in [2.05, 4.69) is 11.9 Å². The van der Waals surface area contributed by atoms with Crippen molar-refractivity contribution in [1.82, 2.24) is 9.80 Å². The lowest BCUT2D eigenvalue weighted by Crippen LogP contribution is -2.57. The number of carbonyl (C=O) groups excluding carboxylic acids is 1. The van der Waals surface area contributed by atoms with Crippen LogP contribution in [-0.4, -0.2) is 59.0 Å². The summed E-state index contributed by atoms with van der Waals surface area (Å²) < 4.78 is 0. The second-order valence-electron chi connectivity index (χ2n) is 6.20. The van der Waals surface area contributed by atoms with Crippen LogP contribution in [0.1, 0.15) is 39.0 Å². The fraction of sp³-hybridized carbons (Fsp3) is 0.857. The zero-order chi connectivity index (χ0) is 14.0. The van der Waals surface area contributed by atoms with Crippen molar-refractivity contribution in [2.45, 2.75) is 44.6 Å². The Kier molecular flexibility index (Phi) is 4.13. The van der Waals surface area contributed by atoms with E-state index < -0.39 is 11.5 Å². The van der Waals surface area contributed by atoms with Crippen LogP contribution in [0.2, 0.25) is 0 Å². The van der Waals surface area contributed by atoms with E-state index in [-0.39, 0.29) is 5.91 Å². The molecule has 0 aromatic carbocycles. The fourth-order valence-electron chi connectivity index (χ4n) is 3.29. The molecule has 2 aliphatic heterocycles. The zero-order valence-corrected chi connectivity index (χ0v) is 11.9. The maximum absolute atomic E-state index is 12.4. The Morgan fingerprint density at radius 3 is 2.63 bits per heavy atom. The van der Waals surface area contributed by atoms with Crippen LogP contribution in [-0.2, 0) is 9.59 Å². The van der Waals surface area contributed by atoms with Crippen LogP contribution in [0, 0.1) is 5.92 Å². The molecule has 2 aliphatic rings. The number of rotatable bonds is 3. The lowest BCUT2D eigenvalue weighted by molar-refractivity contribution is -0.161. The van der Waals surface area contributed by atoms with Crippen molar-refractivity contribution in [1.29, 1.82) is 0 Å². The number of likely N-dealkylation sites (tertiary alicyclic amines) is 2. The average Bonchev–Trinajstić information content (AvgIpc) is 2.75. The van der Waals surface area contributed by atoms with E-state index in [0.29, 0.717) is 25.3 Å². The van der Waals surface area contributed by atoms with Crippen molar-refractivity contribution in [3.63, 3.8) is 0 Å². The van der Waals surface area contributed by atoms with Crippen molar-refractivity contribution in [3.8, 4) is 0 Å². The molecule has 0 radical (unpaired) electrons. The number of nitrogens with zero attached hydrogens (tertiary/aromatic N) is 2. The van der Waals surface area contributed by atoms with Crippen molar-refractivity contribution in [3.05, 3.63) is 0 Å². The van der Waals surface area contributed by atoms with Crippen LogP contribution in [0.25, 0.3) is 0 Å². The van der Waals surface area contributed by atoms with Gasteiger partial charge in [0, 0.05) is 19.5 Å². The predicted molar refractivity (Wildman–Crippen MR) is 71.8 cm³/mol. The third kappa shape index (κ3) is 2.91. The first-order valence-corrected chi connectivity index (χ1v) is 7.16. The summed E-state index contributed by atoms with van der Waals surface area (Å²) in [6.07, 6.45) is 3.91. The molecule has 2 atom stereocenters. The number of carboxylic acid groups (broad SMARTS) is 1. The van der Waals surface area contributed by atoms with Gasteiger partial charge in [0.15, 0.2) is 0 Å². The van der Waals surface area contributed by atoms with Crippen LogP contribution < -0.4 is 0 Å². The molecule has 1 N–H and O–H groups in total. The van der Waals surface area contributed by atoms with Crippen LogP contribution >= 0.6 is 0 Å². The van der Waals surface area contributed by atoms with Gasteiger partial charge in [0.25, 0.3) is 0 Å². The Morgan fingerprint density at radius 1 is 1.32 bits per heavy atom. The molecule has 2 rings (SSSR count). The van der Waals surface area contributed by atoms with Gasteiger partial charge in [0.2, 0.25) is 5.91 Å². The lowest BCUT2D eigenvalue weighted by Gasteiger charge is -2.42. The molecule has 5 nitrogen and oxygen atoms in total. The van der Waals surface area contributed by atoms with E-state index in [1.54, 1.807) is 11.8 Å². The first kappa shape index (κ1) is 14.3. The van der Waals surface area contributed by atoms with Gasteiger partial charge in [-0.2, -0.15) is 0 Å². The van der Waals surface area contributed by atoms with Gasteiger partial charge in [0.05, 0.1) is 0 Å². The Labute approximate surface area is 114 Å². The summed E-state index contributed by atoms with van der Waals surface area (Å²) in [4.78, 5) is 27.7. The molecular formula is C14H24N2O3. The molecule has 2 fully saturated rings. The third-order valence-corrected chi connectivity index (χ3v) is 4.61. The van der Waals surface area contributed by atoms with Crippen LogP contribution in [0.5, 0.6) is 0 Å². The van der Waals surface area contributed by atoms with Gasteiger partial charge in [-0.25, -0.2) is 4.79 Å². The highest BCUT2D eigenvalue weighted by Gasteiger charge is 2.44. The van der Waals surface area contributed by atoms with E-state index >= 15 is 0 Å². The number of amides is 1. The standard InChI is InChI=1S/C14H24N2O3/c1-14(13(18)19)6-3-4-7-16(14)12(17)9-11-5-8-15(2)10-11/h11H,3-10H2,1-2H3,(H,18,19). The summed E-state index contributed by atoms with van der Waals surface area (Å²) in [5.41, 5.74) is -1.00. The minimum Gasteiger partial charge on any atom is -0.480 e. The summed E-state index contributed by atoms with van der Waals surface area (Å²) in [7, 11) is 2.06. The van der Waals surface area contributed by atoms with E-state index in [1.807, 2.05) is 0 Å². The maximum atomic E-state index is 12.4. The maximum Gasteiger partial charge on any atom is 0.329 e. The zero-order valence-electron chi connectivity index (χ0n) is 11.9. The Bertz CT molecular complexity index is 372. The van der Waals surface area contributed by atoms with Gasteiger partial charge in [-0.1, -0.05) is 0 Å². The number of hydrogen-bond donors (Lipinski definition) is 1. The number of aliphatic carboxylic acids is 1. The minimum atomic E-state index is -1.00. The molecule has 0 spiro atoms. The molecular weight excluding hydrogens is 244 g/mol. The van der Waals surface area contributed by atoms with Crippen molar-refractivity contribution >= 4 is 11.9 Å². The van der Waals surface area contributed by atoms with Crippen LogP contribution in [0.4, 0.5) is 0 Å². The summed E-state index contributed by atoms with van der Waals surface area (Å²) in [6.45, 7) is 4.26. The SMILES string of the molecule is CN1CCC(CC(=O)N2CCCCC2(C)C(=O)O)C1. The van der Waals surface area contributed by atoms with Crippen LogP contribution in [0.3, 0.4) is 0 Å². The molecule has 2 unspecified atom stereocenters. The normalized spacial score (nSPS) is 32.5. The first-order valence-electron chi connectivity index (χ1n) is 7.16. The molecule has 0 saturated carbocycles. The number of carbonyl (C=O) groups is 2. The van der Waals surface area contributed by atoms with E-state index in [9.17, 15) is 14.7 Å². The number of carboxylic acids is 1.